The van der Waals surface area contributed by atoms with Gasteiger partial charge in [-0.3, -0.25) is 10.1 Å². The zero-order chi connectivity index (χ0) is 19.8. The van der Waals surface area contributed by atoms with E-state index in [1.54, 1.807) is 18.2 Å². The molecule has 0 unspecified atom stereocenters. The molecule has 0 aliphatic heterocycles. The molecule has 7 nitrogen and oxygen atoms in total. The first-order chi connectivity index (χ1) is 13.0. The van der Waals surface area contributed by atoms with E-state index in [9.17, 15) is 9.59 Å². The number of hydrogen-bond donors (Lipinski definition) is 1. The molecule has 0 radical (unpaired) electrons. The van der Waals surface area contributed by atoms with Gasteiger partial charge in [-0.15, -0.1) is 11.3 Å². The van der Waals surface area contributed by atoms with Gasteiger partial charge in [-0.2, -0.15) is 0 Å². The third-order valence-electron chi connectivity index (χ3n) is 3.81. The molecule has 1 aromatic heterocycles. The van der Waals surface area contributed by atoms with E-state index >= 15 is 0 Å². The first-order valence-corrected chi connectivity index (χ1v) is 9.51. The van der Waals surface area contributed by atoms with E-state index in [-0.39, 0.29) is 12.5 Å². The van der Waals surface area contributed by atoms with Crippen LogP contribution in [-0.4, -0.2) is 37.7 Å². The summed E-state index contributed by atoms with van der Waals surface area (Å²) >= 11 is 1.50. The molecule has 2 aromatic rings. The molecule has 0 bridgehead atoms. The Bertz CT molecular complexity index is 803. The third kappa shape index (κ3) is 5.43. The van der Waals surface area contributed by atoms with E-state index in [0.717, 1.165) is 25.0 Å². The predicted octanol–water partition coefficient (Wildman–Crippen LogP) is 3.47. The number of nitrogens with zero attached hydrogens (tertiary/aromatic N) is 1. The van der Waals surface area contributed by atoms with Crippen molar-refractivity contribution in [2.24, 2.45) is 0 Å². The molecule has 146 valence electrons. The van der Waals surface area contributed by atoms with Crippen LogP contribution in [0.5, 0.6) is 11.5 Å². The maximum Gasteiger partial charge on any atom is 0.343 e. The fraction of sp³-hybridized carbons (Fsp3) is 0.421. The molecule has 1 amide bonds. The molecule has 1 N–H and O–H groups in total. The molecular weight excluding hydrogens is 368 g/mol. The lowest BCUT2D eigenvalue weighted by Gasteiger charge is -2.11. The Morgan fingerprint density at radius 3 is 2.59 bits per heavy atom. The Morgan fingerprint density at radius 1 is 1.19 bits per heavy atom. The summed E-state index contributed by atoms with van der Waals surface area (Å²) in [7, 11) is 2.75. The van der Waals surface area contributed by atoms with Gasteiger partial charge >= 0.3 is 5.97 Å². The summed E-state index contributed by atoms with van der Waals surface area (Å²) in [4.78, 5) is 29.5. The highest BCUT2D eigenvalue weighted by atomic mass is 32.1. The van der Waals surface area contributed by atoms with Crippen LogP contribution in [-0.2, 0) is 22.4 Å². The zero-order valence-corrected chi connectivity index (χ0v) is 16.8. The summed E-state index contributed by atoms with van der Waals surface area (Å²) in [6, 6.07) is 4.74. The van der Waals surface area contributed by atoms with Crippen molar-refractivity contribution in [2.45, 2.75) is 33.1 Å². The second-order valence-electron chi connectivity index (χ2n) is 5.68. The normalized spacial score (nSPS) is 10.4. The Kier molecular flexibility index (Phi) is 7.60. The molecule has 0 saturated heterocycles. The van der Waals surface area contributed by atoms with Crippen LogP contribution in [0, 0.1) is 0 Å². The molecule has 1 aromatic carbocycles. The van der Waals surface area contributed by atoms with E-state index < -0.39 is 5.97 Å². The van der Waals surface area contributed by atoms with Gasteiger partial charge in [0.15, 0.2) is 23.2 Å². The van der Waals surface area contributed by atoms with Crippen LogP contribution in [0.15, 0.2) is 18.2 Å². The fourth-order valence-electron chi connectivity index (χ4n) is 2.44. The number of carbonyl (C=O) groups is 2. The number of methoxy groups -OCH3 is 2. The summed E-state index contributed by atoms with van der Waals surface area (Å²) in [6.07, 6.45) is 2.80. The van der Waals surface area contributed by atoms with E-state index in [0.29, 0.717) is 22.2 Å². The summed E-state index contributed by atoms with van der Waals surface area (Å²) in [6.45, 7) is 3.95. The first kappa shape index (κ1) is 20.7. The van der Waals surface area contributed by atoms with Crippen molar-refractivity contribution in [3.8, 4) is 11.5 Å². The summed E-state index contributed by atoms with van der Waals surface area (Å²) < 4.78 is 15.1. The second-order valence-corrected chi connectivity index (χ2v) is 6.76. The van der Waals surface area contributed by atoms with Crippen molar-refractivity contribution in [3.63, 3.8) is 0 Å². The van der Waals surface area contributed by atoms with E-state index in [1.165, 1.54) is 30.4 Å². The van der Waals surface area contributed by atoms with Crippen molar-refractivity contribution in [2.75, 3.05) is 26.1 Å². The molecule has 0 saturated carbocycles. The SMILES string of the molecule is CCCc1nc(NC(=O)c2ccc(OCC(=O)OC)c(OC)c2)sc1CC. The van der Waals surface area contributed by atoms with Crippen molar-refractivity contribution in [1.82, 2.24) is 4.98 Å². The highest BCUT2D eigenvalue weighted by Crippen LogP contribution is 2.29. The Morgan fingerprint density at radius 2 is 1.96 bits per heavy atom. The molecule has 2 rings (SSSR count). The van der Waals surface area contributed by atoms with Gasteiger partial charge in [0.25, 0.3) is 5.91 Å². The molecule has 0 aliphatic rings. The Labute approximate surface area is 162 Å². The van der Waals surface area contributed by atoms with Crippen LogP contribution >= 0.6 is 11.3 Å². The third-order valence-corrected chi connectivity index (χ3v) is 4.96. The van der Waals surface area contributed by atoms with Crippen LogP contribution in [0.3, 0.4) is 0 Å². The monoisotopic (exact) mass is 392 g/mol. The van der Waals surface area contributed by atoms with Gasteiger partial charge in [-0.1, -0.05) is 20.3 Å². The van der Waals surface area contributed by atoms with Gasteiger partial charge in [-0.25, -0.2) is 9.78 Å². The van der Waals surface area contributed by atoms with E-state index in [4.69, 9.17) is 9.47 Å². The van der Waals surface area contributed by atoms with Gasteiger partial charge in [-0.05, 0) is 31.0 Å². The topological polar surface area (TPSA) is 86.8 Å². The van der Waals surface area contributed by atoms with Gasteiger partial charge in [0.1, 0.15) is 0 Å². The van der Waals surface area contributed by atoms with Crippen LogP contribution < -0.4 is 14.8 Å². The summed E-state index contributed by atoms with van der Waals surface area (Å²) in [5.41, 5.74) is 1.45. The lowest BCUT2D eigenvalue weighted by atomic mass is 10.2. The highest BCUT2D eigenvalue weighted by molar-refractivity contribution is 7.15. The average molecular weight is 392 g/mol. The number of benzene rings is 1. The van der Waals surface area contributed by atoms with Crippen LogP contribution in [0.2, 0.25) is 0 Å². The lowest BCUT2D eigenvalue weighted by Crippen LogP contribution is -2.14. The first-order valence-electron chi connectivity index (χ1n) is 8.69. The smallest absolute Gasteiger partial charge is 0.343 e. The zero-order valence-electron chi connectivity index (χ0n) is 16.0. The van der Waals surface area contributed by atoms with Gasteiger partial charge in [0, 0.05) is 10.4 Å². The lowest BCUT2D eigenvalue weighted by molar-refractivity contribution is -0.142. The van der Waals surface area contributed by atoms with Gasteiger partial charge in [0.2, 0.25) is 0 Å². The Hall–Kier alpha value is -2.61. The molecular formula is C19H24N2O5S. The number of amides is 1. The van der Waals surface area contributed by atoms with Crippen LogP contribution in [0.4, 0.5) is 5.13 Å². The molecule has 27 heavy (non-hydrogen) atoms. The predicted molar refractivity (Wildman–Crippen MR) is 104 cm³/mol. The number of carbonyl (C=O) groups excluding carboxylic acids is 2. The number of anilines is 1. The summed E-state index contributed by atoms with van der Waals surface area (Å²) in [5, 5.41) is 3.43. The van der Waals surface area contributed by atoms with Gasteiger partial charge < -0.3 is 14.2 Å². The number of thiazole rings is 1. The molecule has 0 atom stereocenters. The molecule has 0 fully saturated rings. The maximum atomic E-state index is 12.6. The number of aromatic nitrogens is 1. The molecule has 0 aliphatic carbocycles. The van der Waals surface area contributed by atoms with E-state index in [1.807, 2.05) is 0 Å². The van der Waals surface area contributed by atoms with Gasteiger partial charge in [0.05, 0.1) is 19.9 Å². The minimum Gasteiger partial charge on any atom is -0.493 e. The Balaban J connectivity index is 2.13. The quantitative estimate of drug-likeness (QED) is 0.658. The number of aryl methyl sites for hydroxylation is 2. The standard InChI is InChI=1S/C19H24N2O5S/c1-5-7-13-16(6-2)27-19(20-13)21-18(23)12-8-9-14(15(10-12)24-3)26-11-17(22)25-4/h8-10H,5-7,11H2,1-4H3,(H,20,21,23). The van der Waals surface area contributed by atoms with Crippen LogP contribution in [0.25, 0.3) is 0 Å². The molecule has 8 heteroatoms. The number of ether oxygens (including phenoxy) is 3. The number of nitrogens with one attached hydrogen (secondary N) is 1. The number of rotatable bonds is 9. The fourth-order valence-corrected chi connectivity index (χ4v) is 3.38. The molecule has 1 heterocycles. The minimum absolute atomic E-state index is 0.239. The van der Waals surface area contributed by atoms with Crippen molar-refractivity contribution >= 4 is 28.3 Å². The largest absolute Gasteiger partial charge is 0.493 e. The minimum atomic E-state index is -0.503. The molecule has 0 spiro atoms. The van der Waals surface area contributed by atoms with Crippen molar-refractivity contribution < 1.29 is 23.8 Å². The van der Waals surface area contributed by atoms with E-state index in [2.05, 4.69) is 28.9 Å². The number of hydrogen-bond acceptors (Lipinski definition) is 7. The van der Waals surface area contributed by atoms with Crippen molar-refractivity contribution in [1.29, 1.82) is 0 Å². The summed E-state index contributed by atoms with van der Waals surface area (Å²) in [5.74, 6) is -0.0802. The van der Waals surface area contributed by atoms with Crippen molar-refractivity contribution in [3.05, 3.63) is 34.3 Å². The maximum absolute atomic E-state index is 12.6. The second kappa shape index (κ2) is 9.91. The van der Waals surface area contributed by atoms with Crippen LogP contribution in [0.1, 0.15) is 41.2 Å². The number of esters is 1. The average Bonchev–Trinajstić information content (AvgIpc) is 3.07. The highest BCUT2D eigenvalue weighted by Gasteiger charge is 2.15.